The first kappa shape index (κ1) is 57.3. The molecular formula is C59H59LiN2O10. The summed E-state index contributed by atoms with van der Waals surface area (Å²) in [5, 5.41) is 9.94. The Kier molecular flexibility index (Phi) is 23.8. The van der Waals surface area contributed by atoms with E-state index in [0.29, 0.717) is 32.4 Å². The third kappa shape index (κ3) is 15.9. The normalized spacial score (nSPS) is 16.8. The molecule has 6 aromatic carbocycles. The number of hydrogen-bond donors (Lipinski definition) is 1. The molecule has 0 saturated carbocycles. The third-order valence-electron chi connectivity index (χ3n) is 12.3. The Labute approximate surface area is 434 Å². The average molecular weight is 963 g/mol. The molecule has 0 bridgehead atoms. The summed E-state index contributed by atoms with van der Waals surface area (Å²) in [5.41, 5.74) is 5.30. The number of esters is 1. The van der Waals surface area contributed by atoms with Crippen molar-refractivity contribution in [1.82, 2.24) is 9.80 Å². The van der Waals surface area contributed by atoms with Crippen molar-refractivity contribution in [2.45, 2.75) is 61.8 Å². The number of nitrogens with zero attached hydrogens (tertiary/aromatic N) is 2. The van der Waals surface area contributed by atoms with Crippen LogP contribution in [-0.2, 0) is 33.4 Å². The molecule has 2 fully saturated rings. The van der Waals surface area contributed by atoms with Gasteiger partial charge in [-0.2, -0.15) is 0 Å². The van der Waals surface area contributed by atoms with Crippen LogP contribution >= 0.6 is 0 Å². The second-order valence-corrected chi connectivity index (χ2v) is 16.7. The fourth-order valence-electron chi connectivity index (χ4n) is 8.80. The van der Waals surface area contributed by atoms with Gasteiger partial charge in [-0.1, -0.05) is 181 Å². The quantitative estimate of drug-likeness (QED) is 0.103. The summed E-state index contributed by atoms with van der Waals surface area (Å²) in [6, 6.07) is 56.1. The summed E-state index contributed by atoms with van der Waals surface area (Å²) in [5.74, 6) is 9.32. The van der Waals surface area contributed by atoms with Crippen LogP contribution in [0.1, 0.15) is 70.9 Å². The van der Waals surface area contributed by atoms with Crippen LogP contribution in [0.25, 0.3) is 0 Å². The van der Waals surface area contributed by atoms with E-state index in [0.717, 1.165) is 33.4 Å². The number of carboxylic acids is 1. The van der Waals surface area contributed by atoms with Gasteiger partial charge in [0.25, 0.3) is 0 Å². The van der Waals surface area contributed by atoms with Crippen LogP contribution in [0.4, 0.5) is 0 Å². The van der Waals surface area contributed by atoms with Crippen molar-refractivity contribution in [3.63, 3.8) is 0 Å². The van der Waals surface area contributed by atoms with Gasteiger partial charge in [0.15, 0.2) is 0 Å². The number of ether oxygens (including phenoxy) is 3. The second kappa shape index (κ2) is 29.8. The summed E-state index contributed by atoms with van der Waals surface area (Å²) < 4.78 is 16.9. The van der Waals surface area contributed by atoms with E-state index in [1.165, 1.54) is 12.0 Å². The van der Waals surface area contributed by atoms with Crippen molar-refractivity contribution in [3.05, 3.63) is 215 Å². The summed E-state index contributed by atoms with van der Waals surface area (Å²) in [6.45, 7) is 1.21. The summed E-state index contributed by atoms with van der Waals surface area (Å²) in [7, 11) is 1.35. The number of likely N-dealkylation sites (tertiary alicyclic amines) is 2. The topological polar surface area (TPSA) is 184 Å². The van der Waals surface area contributed by atoms with Crippen LogP contribution in [0.2, 0.25) is 0 Å². The number of methoxy groups -OCH3 is 1. The van der Waals surface area contributed by atoms with Crippen LogP contribution < -0.4 is 18.9 Å². The number of aliphatic carboxylic acids is 1. The molecular weight excluding hydrogens is 904 g/mol. The van der Waals surface area contributed by atoms with E-state index >= 15 is 0 Å². The number of carboxylic acid groups (broad SMARTS) is 1. The minimum Gasteiger partial charge on any atom is -0.870 e. The van der Waals surface area contributed by atoms with Crippen molar-refractivity contribution < 1.29 is 68.3 Å². The van der Waals surface area contributed by atoms with Crippen LogP contribution in [0.3, 0.4) is 0 Å². The Morgan fingerprint density at radius 3 is 1.15 bits per heavy atom. The van der Waals surface area contributed by atoms with Gasteiger partial charge in [-0.25, -0.2) is 9.59 Å². The maximum Gasteiger partial charge on any atom is 1.00 e. The average Bonchev–Trinajstić information content (AvgIpc) is 3.40. The number of rotatable bonds is 12. The SMILES string of the molecule is COC(=O)[C@@H]1C[C@H](OCC#Cc2ccccc2)CCN1C(=O)C(c1ccccc1)c1ccccc1.O.O=C(O)[C@@H]1C[C@H](OCC#Cc2ccccc2)CCN1C(=O)C(c1ccccc1)c1ccccc1.[Li+].[OH-]. The molecule has 13 heteroatoms. The molecule has 4 atom stereocenters. The maximum atomic E-state index is 13.9. The Morgan fingerprint density at radius 1 is 0.528 bits per heavy atom. The fourth-order valence-corrected chi connectivity index (χ4v) is 8.80. The van der Waals surface area contributed by atoms with Gasteiger partial charge in [-0.05, 0) is 59.4 Å². The zero-order valence-corrected chi connectivity index (χ0v) is 40.6. The second-order valence-electron chi connectivity index (χ2n) is 16.7. The molecule has 2 saturated heterocycles. The molecule has 2 amide bonds. The Balaban J connectivity index is 0.000000300. The predicted molar refractivity (Wildman–Crippen MR) is 270 cm³/mol. The third-order valence-corrected chi connectivity index (χ3v) is 12.3. The Hall–Kier alpha value is -7.24. The molecule has 0 radical (unpaired) electrons. The number of benzene rings is 6. The van der Waals surface area contributed by atoms with Gasteiger partial charge >= 0.3 is 30.8 Å². The van der Waals surface area contributed by atoms with E-state index in [-0.39, 0.29) is 73.5 Å². The molecule has 0 aromatic heterocycles. The van der Waals surface area contributed by atoms with Crippen molar-refractivity contribution in [1.29, 1.82) is 0 Å². The zero-order valence-electron chi connectivity index (χ0n) is 40.6. The number of amides is 2. The van der Waals surface area contributed by atoms with Crippen LogP contribution in [0.15, 0.2) is 182 Å². The molecule has 2 aliphatic heterocycles. The van der Waals surface area contributed by atoms with Crippen molar-refractivity contribution in [2.75, 3.05) is 33.4 Å². The summed E-state index contributed by atoms with van der Waals surface area (Å²) >= 11 is 0. The molecule has 12 nitrogen and oxygen atoms in total. The molecule has 8 rings (SSSR count). The molecule has 72 heavy (non-hydrogen) atoms. The molecule has 0 aliphatic carbocycles. The van der Waals surface area contributed by atoms with Gasteiger partial charge in [-0.3, -0.25) is 9.59 Å². The van der Waals surface area contributed by atoms with E-state index in [4.69, 9.17) is 14.2 Å². The zero-order chi connectivity index (χ0) is 48.2. The van der Waals surface area contributed by atoms with Crippen molar-refractivity contribution in [2.24, 2.45) is 0 Å². The van der Waals surface area contributed by atoms with Gasteiger partial charge in [0.2, 0.25) is 11.8 Å². The van der Waals surface area contributed by atoms with Gasteiger partial charge < -0.3 is 40.1 Å². The standard InChI is InChI=1S/C30H29NO4.C29H27NO4.Li.2H2O/c1-34-30(33)27-22-26(35-21-11-14-23-12-5-2-6-13-23)19-20-31(27)29(32)28(24-15-7-3-8-16-24)25-17-9-4-10-18-25;31-28(27(23-14-6-2-7-15-23)24-16-8-3-9-17-24)30-19-18-25(21-26(30)29(32)33)34-20-10-13-22-11-4-1-5-12-22;;;/h2-10,12-13,15-18,26-28H,19-22H2,1H3;1-9,11-12,14-17,25-27H,18-21H2,(H,32,33);;2*1H2/q;;+1;;/p-1/t26-,27+;25-,26+;;;/m11.../s1. The molecule has 6 aromatic rings. The molecule has 2 heterocycles. The van der Waals surface area contributed by atoms with Crippen LogP contribution in [0, 0.1) is 23.7 Å². The first-order valence-corrected chi connectivity index (χ1v) is 23.2. The first-order chi connectivity index (χ1) is 33.8. The van der Waals surface area contributed by atoms with E-state index in [1.807, 2.05) is 182 Å². The van der Waals surface area contributed by atoms with E-state index < -0.39 is 35.9 Å². The predicted octanol–water partition coefficient (Wildman–Crippen LogP) is 4.75. The molecule has 0 spiro atoms. The minimum absolute atomic E-state index is 0. The van der Waals surface area contributed by atoms with Gasteiger partial charge in [-0.15, -0.1) is 0 Å². The maximum absolute atomic E-state index is 13.9. The number of carbonyl (C=O) groups excluding carboxylic acids is 3. The van der Waals surface area contributed by atoms with Gasteiger partial charge in [0.1, 0.15) is 25.3 Å². The van der Waals surface area contributed by atoms with E-state index in [2.05, 4.69) is 23.7 Å². The van der Waals surface area contributed by atoms with Gasteiger partial charge in [0, 0.05) is 37.1 Å². The molecule has 366 valence electrons. The number of piperidine rings is 2. The first-order valence-electron chi connectivity index (χ1n) is 23.2. The van der Waals surface area contributed by atoms with Crippen molar-refractivity contribution >= 4 is 23.8 Å². The van der Waals surface area contributed by atoms with E-state index in [1.54, 1.807) is 4.90 Å². The summed E-state index contributed by atoms with van der Waals surface area (Å²) in [6.07, 6.45) is 1.37. The van der Waals surface area contributed by atoms with Crippen molar-refractivity contribution in [3.8, 4) is 23.7 Å². The largest absolute Gasteiger partial charge is 1.00 e. The summed E-state index contributed by atoms with van der Waals surface area (Å²) in [4.78, 5) is 55.7. The Bertz CT molecular complexity index is 2630. The van der Waals surface area contributed by atoms with Crippen LogP contribution in [-0.4, -0.2) is 107 Å². The van der Waals surface area contributed by atoms with Gasteiger partial charge in [0.05, 0.1) is 31.2 Å². The monoisotopic (exact) mass is 962 g/mol. The van der Waals surface area contributed by atoms with Crippen LogP contribution in [0.5, 0.6) is 0 Å². The number of hydrogen-bond acceptors (Lipinski definition) is 8. The number of carbonyl (C=O) groups is 4. The Morgan fingerprint density at radius 2 is 0.833 bits per heavy atom. The van der Waals surface area contributed by atoms with E-state index in [9.17, 15) is 24.3 Å². The fraction of sp³-hybridized carbons (Fsp3) is 0.254. The molecule has 0 unspecified atom stereocenters. The smallest absolute Gasteiger partial charge is 0.870 e. The minimum atomic E-state index is -1.02. The molecule has 4 N–H and O–H groups in total. The molecule has 2 aliphatic rings.